The molecule has 0 radical (unpaired) electrons. The zero-order valence-corrected chi connectivity index (χ0v) is 15.1. The minimum Gasteiger partial charge on any atom is -0.473 e. The summed E-state index contributed by atoms with van der Waals surface area (Å²) in [7, 11) is 1.76. The Morgan fingerprint density at radius 2 is 2.12 bits per heavy atom. The van der Waals surface area contributed by atoms with Gasteiger partial charge in [-0.05, 0) is 24.5 Å². The third-order valence-corrected chi connectivity index (χ3v) is 4.26. The van der Waals surface area contributed by atoms with E-state index >= 15 is 0 Å². The van der Waals surface area contributed by atoms with Crippen LogP contribution in [0.15, 0.2) is 53.7 Å². The lowest BCUT2D eigenvalue weighted by molar-refractivity contribution is 0.114. The summed E-state index contributed by atoms with van der Waals surface area (Å²) in [6.07, 6.45) is 4.26. The highest BCUT2D eigenvalue weighted by molar-refractivity contribution is 5.79. The number of benzene rings is 1. The van der Waals surface area contributed by atoms with Crippen LogP contribution in [-0.4, -0.2) is 37.2 Å². The molecule has 0 spiro atoms. The first-order chi connectivity index (χ1) is 12.8. The number of hydrogen-bond donors (Lipinski definition) is 2. The number of nitrogens with zero attached hydrogens (tertiary/aromatic N) is 2. The SMILES string of the molecule is CN=C(NCc1cccnc1OCc1ccccc1)NCC1CCCO1. The highest BCUT2D eigenvalue weighted by Crippen LogP contribution is 2.16. The van der Waals surface area contributed by atoms with E-state index in [9.17, 15) is 0 Å². The Morgan fingerprint density at radius 3 is 2.88 bits per heavy atom. The first-order valence-electron chi connectivity index (χ1n) is 9.02. The fraction of sp³-hybridized carbons (Fsp3) is 0.400. The number of hydrogen-bond acceptors (Lipinski definition) is 4. The third kappa shape index (κ3) is 5.46. The van der Waals surface area contributed by atoms with Crippen LogP contribution >= 0.6 is 0 Å². The zero-order chi connectivity index (χ0) is 18.0. The van der Waals surface area contributed by atoms with Crippen LogP contribution in [0.2, 0.25) is 0 Å². The molecule has 1 aromatic carbocycles. The van der Waals surface area contributed by atoms with Crippen LogP contribution in [0, 0.1) is 0 Å². The van der Waals surface area contributed by atoms with E-state index in [-0.39, 0.29) is 6.10 Å². The van der Waals surface area contributed by atoms with Gasteiger partial charge in [0, 0.05) is 38.5 Å². The van der Waals surface area contributed by atoms with Crippen molar-refractivity contribution in [3.63, 3.8) is 0 Å². The maximum Gasteiger partial charge on any atom is 0.218 e. The van der Waals surface area contributed by atoms with Crippen molar-refractivity contribution in [3.8, 4) is 5.88 Å². The zero-order valence-electron chi connectivity index (χ0n) is 15.1. The van der Waals surface area contributed by atoms with Crippen molar-refractivity contribution in [3.05, 3.63) is 59.8 Å². The number of aliphatic imine (C=N–C) groups is 1. The summed E-state index contributed by atoms with van der Waals surface area (Å²) in [5.74, 6) is 1.39. The van der Waals surface area contributed by atoms with Crippen LogP contribution in [-0.2, 0) is 17.9 Å². The lowest BCUT2D eigenvalue weighted by Crippen LogP contribution is -2.40. The van der Waals surface area contributed by atoms with Crippen LogP contribution in [0.3, 0.4) is 0 Å². The number of nitrogens with one attached hydrogen (secondary N) is 2. The monoisotopic (exact) mass is 354 g/mol. The van der Waals surface area contributed by atoms with Gasteiger partial charge in [-0.25, -0.2) is 4.98 Å². The predicted molar refractivity (Wildman–Crippen MR) is 102 cm³/mol. The van der Waals surface area contributed by atoms with Crippen LogP contribution in [0.4, 0.5) is 0 Å². The lowest BCUT2D eigenvalue weighted by atomic mass is 10.2. The van der Waals surface area contributed by atoms with Gasteiger partial charge in [0.1, 0.15) is 6.61 Å². The van der Waals surface area contributed by atoms with Gasteiger partial charge in [-0.3, -0.25) is 4.99 Å². The molecule has 0 aliphatic carbocycles. The van der Waals surface area contributed by atoms with Crippen LogP contribution in [0.5, 0.6) is 5.88 Å². The average Bonchev–Trinajstić information content (AvgIpc) is 3.21. The molecule has 1 saturated heterocycles. The van der Waals surface area contributed by atoms with E-state index in [0.29, 0.717) is 19.0 Å². The summed E-state index contributed by atoms with van der Waals surface area (Å²) in [4.78, 5) is 8.63. The molecule has 2 aromatic rings. The van der Waals surface area contributed by atoms with Gasteiger partial charge in [0.2, 0.25) is 5.88 Å². The standard InChI is InChI=1S/C20H26N4O2/c1-21-20(24-14-18-10-6-12-25-18)23-13-17-9-5-11-22-19(17)26-15-16-7-3-2-4-8-16/h2-5,7-9,11,18H,6,10,12-15H2,1H3,(H2,21,23,24). The normalized spacial score (nSPS) is 17.1. The fourth-order valence-corrected chi connectivity index (χ4v) is 2.83. The number of rotatable bonds is 7. The maximum atomic E-state index is 5.90. The molecular weight excluding hydrogens is 328 g/mol. The third-order valence-electron chi connectivity index (χ3n) is 4.26. The lowest BCUT2D eigenvalue weighted by Gasteiger charge is -2.16. The molecule has 1 unspecified atom stereocenters. The molecule has 3 rings (SSSR count). The molecule has 138 valence electrons. The Kier molecular flexibility index (Phi) is 6.84. The summed E-state index contributed by atoms with van der Waals surface area (Å²) in [6, 6.07) is 14.0. The second kappa shape index (κ2) is 9.77. The quantitative estimate of drug-likeness (QED) is 0.591. The summed E-state index contributed by atoms with van der Waals surface area (Å²) in [5, 5.41) is 6.62. The van der Waals surface area contributed by atoms with E-state index in [1.54, 1.807) is 13.2 Å². The minimum absolute atomic E-state index is 0.275. The topological polar surface area (TPSA) is 67.8 Å². The molecule has 1 aliphatic heterocycles. The maximum absolute atomic E-state index is 5.90. The molecular formula is C20H26N4O2. The van der Waals surface area contributed by atoms with E-state index in [1.165, 1.54) is 0 Å². The highest BCUT2D eigenvalue weighted by atomic mass is 16.5. The Labute approximate surface area is 154 Å². The molecule has 6 heteroatoms. The van der Waals surface area contributed by atoms with Gasteiger partial charge < -0.3 is 20.1 Å². The Bertz CT molecular complexity index is 700. The van der Waals surface area contributed by atoms with Crippen molar-refractivity contribution in [2.45, 2.75) is 32.1 Å². The van der Waals surface area contributed by atoms with Crippen molar-refractivity contribution in [1.82, 2.24) is 15.6 Å². The molecule has 2 N–H and O–H groups in total. The molecule has 1 fully saturated rings. The molecule has 1 aliphatic rings. The Balaban J connectivity index is 1.51. The van der Waals surface area contributed by atoms with Crippen molar-refractivity contribution >= 4 is 5.96 Å². The number of pyridine rings is 1. The minimum atomic E-state index is 0.275. The van der Waals surface area contributed by atoms with Crippen molar-refractivity contribution in [2.24, 2.45) is 4.99 Å². The molecule has 1 atom stereocenters. The van der Waals surface area contributed by atoms with Crippen molar-refractivity contribution in [1.29, 1.82) is 0 Å². The van der Waals surface area contributed by atoms with Crippen LogP contribution < -0.4 is 15.4 Å². The van der Waals surface area contributed by atoms with E-state index in [2.05, 4.69) is 20.6 Å². The number of aromatic nitrogens is 1. The van der Waals surface area contributed by atoms with Crippen molar-refractivity contribution < 1.29 is 9.47 Å². The van der Waals surface area contributed by atoms with Gasteiger partial charge in [-0.15, -0.1) is 0 Å². The number of ether oxygens (including phenoxy) is 2. The molecule has 2 heterocycles. The summed E-state index contributed by atoms with van der Waals surface area (Å²) < 4.78 is 11.5. The van der Waals surface area contributed by atoms with Crippen LogP contribution in [0.1, 0.15) is 24.0 Å². The molecule has 0 amide bonds. The Hall–Kier alpha value is -2.60. The second-order valence-corrected chi connectivity index (χ2v) is 6.18. The van der Waals surface area contributed by atoms with Crippen molar-refractivity contribution in [2.75, 3.05) is 20.2 Å². The average molecular weight is 354 g/mol. The molecule has 0 bridgehead atoms. The fourth-order valence-electron chi connectivity index (χ4n) is 2.83. The molecule has 6 nitrogen and oxygen atoms in total. The van der Waals surface area contributed by atoms with Gasteiger partial charge in [0.25, 0.3) is 0 Å². The summed E-state index contributed by atoms with van der Waals surface area (Å²) in [6.45, 7) is 2.71. The van der Waals surface area contributed by atoms with Gasteiger partial charge in [-0.2, -0.15) is 0 Å². The molecule has 26 heavy (non-hydrogen) atoms. The predicted octanol–water partition coefficient (Wildman–Crippen LogP) is 2.50. The van der Waals surface area contributed by atoms with Gasteiger partial charge in [0.05, 0.1) is 6.10 Å². The smallest absolute Gasteiger partial charge is 0.218 e. The highest BCUT2D eigenvalue weighted by Gasteiger charge is 2.15. The first-order valence-corrected chi connectivity index (χ1v) is 9.02. The van der Waals surface area contributed by atoms with Gasteiger partial charge >= 0.3 is 0 Å². The van der Waals surface area contributed by atoms with Gasteiger partial charge in [0.15, 0.2) is 5.96 Å². The largest absolute Gasteiger partial charge is 0.473 e. The molecule has 0 saturated carbocycles. The van der Waals surface area contributed by atoms with E-state index in [4.69, 9.17) is 9.47 Å². The molecule has 1 aromatic heterocycles. The summed E-state index contributed by atoms with van der Waals surface area (Å²) >= 11 is 0. The second-order valence-electron chi connectivity index (χ2n) is 6.18. The van der Waals surface area contributed by atoms with E-state index in [1.807, 2.05) is 42.5 Å². The van der Waals surface area contributed by atoms with Crippen LogP contribution in [0.25, 0.3) is 0 Å². The summed E-state index contributed by atoms with van der Waals surface area (Å²) in [5.41, 5.74) is 2.11. The first kappa shape index (κ1) is 18.2. The van der Waals surface area contributed by atoms with Gasteiger partial charge in [-0.1, -0.05) is 36.4 Å². The van der Waals surface area contributed by atoms with E-state index in [0.717, 1.165) is 43.1 Å². The van der Waals surface area contributed by atoms with E-state index < -0.39 is 0 Å². The number of guanidine groups is 1. The Morgan fingerprint density at radius 1 is 1.23 bits per heavy atom.